The van der Waals surface area contributed by atoms with Crippen molar-refractivity contribution >= 4 is 5.91 Å². The van der Waals surface area contributed by atoms with Crippen LogP contribution in [0.5, 0.6) is 0 Å². The molecule has 5 heteroatoms. The summed E-state index contributed by atoms with van der Waals surface area (Å²) in [5.41, 5.74) is 2.44. The van der Waals surface area contributed by atoms with E-state index in [0.717, 1.165) is 11.4 Å². The first kappa shape index (κ1) is 14.0. The van der Waals surface area contributed by atoms with Crippen molar-refractivity contribution in [3.05, 3.63) is 78.4 Å². The third-order valence-electron chi connectivity index (χ3n) is 3.36. The number of amides is 1. The first-order valence-electron chi connectivity index (χ1n) is 6.99. The molecule has 0 aliphatic rings. The summed E-state index contributed by atoms with van der Waals surface area (Å²) in [6, 6.07) is 14.9. The van der Waals surface area contributed by atoms with Crippen LogP contribution in [-0.2, 0) is 6.54 Å². The second-order valence-corrected chi connectivity index (χ2v) is 4.98. The van der Waals surface area contributed by atoms with Gasteiger partial charge in [0, 0.05) is 31.2 Å². The highest BCUT2D eigenvalue weighted by atomic mass is 16.2. The standard InChI is InChI=1S/C17H16N4O/c1-20(13-15-5-2-3-10-18-15)17(22)14-6-8-16(9-7-14)21-12-4-11-19-21/h2-12H,13H2,1H3. The van der Waals surface area contributed by atoms with E-state index in [0.29, 0.717) is 12.1 Å². The zero-order valence-corrected chi connectivity index (χ0v) is 12.3. The van der Waals surface area contributed by atoms with Crippen molar-refractivity contribution in [1.29, 1.82) is 0 Å². The molecule has 1 aromatic carbocycles. The molecular formula is C17H16N4O. The van der Waals surface area contributed by atoms with Crippen LogP contribution >= 0.6 is 0 Å². The number of carbonyl (C=O) groups is 1. The first-order valence-corrected chi connectivity index (χ1v) is 6.99. The Bertz CT molecular complexity index is 736. The molecule has 3 aromatic rings. The molecule has 0 N–H and O–H groups in total. The second-order valence-electron chi connectivity index (χ2n) is 4.98. The number of rotatable bonds is 4. The lowest BCUT2D eigenvalue weighted by Crippen LogP contribution is -2.26. The maximum absolute atomic E-state index is 12.4. The maximum Gasteiger partial charge on any atom is 0.253 e. The summed E-state index contributed by atoms with van der Waals surface area (Å²) in [5.74, 6) is -0.0299. The van der Waals surface area contributed by atoms with E-state index in [1.54, 1.807) is 29.0 Å². The van der Waals surface area contributed by atoms with Crippen LogP contribution in [0.4, 0.5) is 0 Å². The molecule has 0 aliphatic carbocycles. The van der Waals surface area contributed by atoms with Gasteiger partial charge < -0.3 is 4.90 Å². The molecule has 0 bridgehead atoms. The van der Waals surface area contributed by atoms with Gasteiger partial charge in [-0.2, -0.15) is 5.10 Å². The van der Waals surface area contributed by atoms with Crippen molar-refractivity contribution in [2.75, 3.05) is 7.05 Å². The third-order valence-corrected chi connectivity index (χ3v) is 3.36. The zero-order valence-electron chi connectivity index (χ0n) is 12.3. The van der Waals surface area contributed by atoms with E-state index in [2.05, 4.69) is 10.1 Å². The third kappa shape index (κ3) is 3.03. The van der Waals surface area contributed by atoms with Crippen LogP contribution in [0.1, 0.15) is 16.1 Å². The molecule has 1 amide bonds. The molecular weight excluding hydrogens is 276 g/mol. The number of nitrogens with zero attached hydrogens (tertiary/aromatic N) is 4. The van der Waals surface area contributed by atoms with E-state index in [1.165, 1.54) is 0 Å². The Hall–Kier alpha value is -2.95. The van der Waals surface area contributed by atoms with Gasteiger partial charge in [0.05, 0.1) is 17.9 Å². The van der Waals surface area contributed by atoms with Crippen LogP contribution in [0.3, 0.4) is 0 Å². The predicted molar refractivity (Wildman–Crippen MR) is 83.6 cm³/mol. The fourth-order valence-electron chi connectivity index (χ4n) is 2.21. The summed E-state index contributed by atoms with van der Waals surface area (Å²) in [4.78, 5) is 18.3. The van der Waals surface area contributed by atoms with Crippen LogP contribution < -0.4 is 0 Å². The van der Waals surface area contributed by atoms with Crippen molar-refractivity contribution in [3.63, 3.8) is 0 Å². The smallest absolute Gasteiger partial charge is 0.253 e. The number of benzene rings is 1. The summed E-state index contributed by atoms with van der Waals surface area (Å²) in [5, 5.41) is 4.17. The fourth-order valence-corrected chi connectivity index (χ4v) is 2.21. The van der Waals surface area contributed by atoms with Crippen molar-refractivity contribution in [2.45, 2.75) is 6.54 Å². The molecule has 0 aliphatic heterocycles. The van der Waals surface area contributed by atoms with Crippen LogP contribution in [-0.4, -0.2) is 32.6 Å². The molecule has 0 saturated heterocycles. The molecule has 0 spiro atoms. The van der Waals surface area contributed by atoms with Crippen molar-refractivity contribution in [3.8, 4) is 5.69 Å². The lowest BCUT2D eigenvalue weighted by atomic mass is 10.2. The Morgan fingerprint density at radius 2 is 1.91 bits per heavy atom. The molecule has 2 aromatic heterocycles. The summed E-state index contributed by atoms with van der Waals surface area (Å²) in [6.07, 6.45) is 5.32. The van der Waals surface area contributed by atoms with Gasteiger partial charge in [0.2, 0.25) is 0 Å². The normalized spacial score (nSPS) is 10.4. The Morgan fingerprint density at radius 3 is 2.55 bits per heavy atom. The Labute approximate surface area is 128 Å². The number of carbonyl (C=O) groups excluding carboxylic acids is 1. The Morgan fingerprint density at radius 1 is 1.09 bits per heavy atom. The summed E-state index contributed by atoms with van der Waals surface area (Å²) in [7, 11) is 1.78. The maximum atomic E-state index is 12.4. The minimum Gasteiger partial charge on any atom is -0.336 e. The van der Waals surface area contributed by atoms with E-state index >= 15 is 0 Å². The number of hydrogen-bond acceptors (Lipinski definition) is 3. The van der Waals surface area contributed by atoms with Gasteiger partial charge in [0.25, 0.3) is 5.91 Å². The van der Waals surface area contributed by atoms with Gasteiger partial charge in [-0.3, -0.25) is 9.78 Å². The molecule has 0 saturated carbocycles. The monoisotopic (exact) mass is 292 g/mol. The zero-order chi connectivity index (χ0) is 15.4. The quantitative estimate of drug-likeness (QED) is 0.742. The SMILES string of the molecule is CN(Cc1ccccn1)C(=O)c1ccc(-n2cccn2)cc1. The highest BCUT2D eigenvalue weighted by molar-refractivity contribution is 5.94. The van der Waals surface area contributed by atoms with E-state index in [1.807, 2.05) is 54.7 Å². The largest absolute Gasteiger partial charge is 0.336 e. The van der Waals surface area contributed by atoms with Crippen LogP contribution in [0.25, 0.3) is 5.69 Å². The second kappa shape index (κ2) is 6.22. The van der Waals surface area contributed by atoms with Crippen LogP contribution in [0.15, 0.2) is 67.1 Å². The average Bonchev–Trinajstić information content (AvgIpc) is 3.10. The van der Waals surface area contributed by atoms with E-state index in [9.17, 15) is 4.79 Å². The molecule has 2 heterocycles. The highest BCUT2D eigenvalue weighted by Crippen LogP contribution is 2.11. The van der Waals surface area contributed by atoms with Gasteiger partial charge in [-0.1, -0.05) is 6.07 Å². The van der Waals surface area contributed by atoms with Gasteiger partial charge >= 0.3 is 0 Å². The summed E-state index contributed by atoms with van der Waals surface area (Å²) in [6.45, 7) is 0.487. The molecule has 22 heavy (non-hydrogen) atoms. The number of aromatic nitrogens is 3. The summed E-state index contributed by atoms with van der Waals surface area (Å²) < 4.78 is 1.76. The van der Waals surface area contributed by atoms with Crippen LogP contribution in [0.2, 0.25) is 0 Å². The fraction of sp³-hybridized carbons (Fsp3) is 0.118. The first-order chi connectivity index (χ1) is 10.7. The van der Waals surface area contributed by atoms with Crippen molar-refractivity contribution in [1.82, 2.24) is 19.7 Å². The van der Waals surface area contributed by atoms with E-state index in [4.69, 9.17) is 0 Å². The van der Waals surface area contributed by atoms with Gasteiger partial charge in [-0.05, 0) is 42.5 Å². The summed E-state index contributed by atoms with van der Waals surface area (Å²) >= 11 is 0. The average molecular weight is 292 g/mol. The molecule has 0 unspecified atom stereocenters. The number of pyridine rings is 1. The van der Waals surface area contributed by atoms with Gasteiger partial charge in [-0.25, -0.2) is 4.68 Å². The molecule has 0 atom stereocenters. The minimum absolute atomic E-state index is 0.0299. The van der Waals surface area contributed by atoms with Crippen LogP contribution in [0, 0.1) is 0 Å². The van der Waals surface area contributed by atoms with E-state index < -0.39 is 0 Å². The molecule has 110 valence electrons. The van der Waals surface area contributed by atoms with Gasteiger partial charge in [0.1, 0.15) is 0 Å². The minimum atomic E-state index is -0.0299. The molecule has 0 fully saturated rings. The number of hydrogen-bond donors (Lipinski definition) is 0. The highest BCUT2D eigenvalue weighted by Gasteiger charge is 2.12. The van der Waals surface area contributed by atoms with Crippen molar-refractivity contribution < 1.29 is 4.79 Å². The Balaban J connectivity index is 1.72. The van der Waals surface area contributed by atoms with Gasteiger partial charge in [0.15, 0.2) is 0 Å². The lowest BCUT2D eigenvalue weighted by Gasteiger charge is -2.17. The van der Waals surface area contributed by atoms with Crippen molar-refractivity contribution in [2.24, 2.45) is 0 Å². The molecule has 0 radical (unpaired) electrons. The predicted octanol–water partition coefficient (Wildman–Crippen LogP) is 2.54. The lowest BCUT2D eigenvalue weighted by molar-refractivity contribution is 0.0783. The molecule has 5 nitrogen and oxygen atoms in total. The Kier molecular flexibility index (Phi) is 3.96. The van der Waals surface area contributed by atoms with Gasteiger partial charge in [-0.15, -0.1) is 0 Å². The molecule has 3 rings (SSSR count). The van der Waals surface area contributed by atoms with E-state index in [-0.39, 0.29) is 5.91 Å². The topological polar surface area (TPSA) is 51.0 Å².